The van der Waals surface area contributed by atoms with E-state index in [2.05, 4.69) is 16.0 Å². The van der Waals surface area contributed by atoms with Gasteiger partial charge in [0.1, 0.15) is 18.1 Å². The van der Waals surface area contributed by atoms with Crippen LogP contribution >= 0.6 is 0 Å². The number of carbonyl (C=O) groups excluding carboxylic acids is 4. The molecule has 0 saturated carbocycles. The van der Waals surface area contributed by atoms with E-state index in [0.29, 0.717) is 0 Å². The fraction of sp³-hybridized carbons (Fsp3) is 0.522. The third kappa shape index (κ3) is 11.0. The molecule has 0 spiro atoms. The van der Waals surface area contributed by atoms with Crippen LogP contribution in [0.3, 0.4) is 0 Å². The number of nitrogens with one attached hydrogen (secondary N) is 3. The molecule has 1 aromatic carbocycles. The van der Waals surface area contributed by atoms with E-state index in [0.717, 1.165) is 5.56 Å². The van der Waals surface area contributed by atoms with E-state index in [1.165, 1.54) is 0 Å². The Labute approximate surface area is 203 Å². The van der Waals surface area contributed by atoms with Crippen LogP contribution in [0.2, 0.25) is 0 Å². The summed E-state index contributed by atoms with van der Waals surface area (Å²) in [5.41, 5.74) is 12.0. The topological polar surface area (TPSA) is 214 Å². The van der Waals surface area contributed by atoms with Crippen LogP contribution in [0.4, 0.5) is 0 Å². The van der Waals surface area contributed by atoms with E-state index >= 15 is 0 Å². The van der Waals surface area contributed by atoms with Crippen LogP contribution in [0.5, 0.6) is 0 Å². The molecule has 4 unspecified atom stereocenters. The molecule has 0 aliphatic carbocycles. The van der Waals surface area contributed by atoms with Gasteiger partial charge >= 0.3 is 5.97 Å². The fourth-order valence-electron chi connectivity index (χ4n) is 3.23. The predicted octanol–water partition coefficient (Wildman–Crippen LogP) is -1.60. The molecular formula is C23H35N5O7. The van der Waals surface area contributed by atoms with Gasteiger partial charge in [-0.05, 0) is 30.7 Å². The van der Waals surface area contributed by atoms with Crippen LogP contribution in [0.1, 0.15) is 38.7 Å². The highest BCUT2D eigenvalue weighted by atomic mass is 16.4. The number of aliphatic hydroxyl groups excluding tert-OH is 1. The van der Waals surface area contributed by atoms with Crippen molar-refractivity contribution in [3.05, 3.63) is 35.9 Å². The lowest BCUT2D eigenvalue weighted by atomic mass is 10.0. The number of carboxylic acids is 1. The lowest BCUT2D eigenvalue weighted by Crippen LogP contribution is -2.58. The van der Waals surface area contributed by atoms with Crippen LogP contribution < -0.4 is 27.4 Å². The van der Waals surface area contributed by atoms with Gasteiger partial charge in [-0.3, -0.25) is 19.2 Å². The molecule has 0 aliphatic heterocycles. The first-order valence-electron chi connectivity index (χ1n) is 11.3. The van der Waals surface area contributed by atoms with Crippen LogP contribution in [0, 0.1) is 5.92 Å². The Bertz CT molecular complexity index is 878. The smallest absolute Gasteiger partial charge is 0.328 e. The first-order chi connectivity index (χ1) is 16.4. The van der Waals surface area contributed by atoms with Crippen molar-refractivity contribution in [1.82, 2.24) is 16.0 Å². The Kier molecular flexibility index (Phi) is 12.4. The molecule has 12 heteroatoms. The number of rotatable bonds is 15. The van der Waals surface area contributed by atoms with Gasteiger partial charge in [0.15, 0.2) is 0 Å². The Morgan fingerprint density at radius 2 is 1.43 bits per heavy atom. The number of amides is 4. The summed E-state index contributed by atoms with van der Waals surface area (Å²) in [7, 11) is 0. The van der Waals surface area contributed by atoms with Crippen molar-refractivity contribution in [2.75, 3.05) is 6.61 Å². The molecule has 0 aliphatic rings. The summed E-state index contributed by atoms with van der Waals surface area (Å²) in [6.07, 6.45) is 0.0111. The second-order valence-corrected chi connectivity index (χ2v) is 8.64. The van der Waals surface area contributed by atoms with E-state index in [9.17, 15) is 24.0 Å². The molecule has 4 amide bonds. The van der Waals surface area contributed by atoms with Gasteiger partial charge in [-0.2, -0.15) is 0 Å². The van der Waals surface area contributed by atoms with Crippen LogP contribution in [-0.2, 0) is 30.4 Å². The molecule has 0 fully saturated rings. The van der Waals surface area contributed by atoms with Crippen LogP contribution in [-0.4, -0.2) is 70.6 Å². The summed E-state index contributed by atoms with van der Waals surface area (Å²) in [5.74, 6) is -4.40. The van der Waals surface area contributed by atoms with E-state index in [1.807, 2.05) is 44.2 Å². The highest BCUT2D eigenvalue weighted by Gasteiger charge is 2.30. The maximum Gasteiger partial charge on any atom is 0.328 e. The summed E-state index contributed by atoms with van der Waals surface area (Å²) < 4.78 is 0. The average molecular weight is 494 g/mol. The zero-order valence-corrected chi connectivity index (χ0v) is 19.9. The zero-order valence-electron chi connectivity index (χ0n) is 19.9. The summed E-state index contributed by atoms with van der Waals surface area (Å²) in [5, 5.41) is 25.4. The molecule has 0 heterocycles. The SMILES string of the molecule is CC(C)CC(NC(=O)C(N)Cc1ccccc1)C(=O)NC(CCC(N)=O)C(=O)NC(CO)C(=O)O. The van der Waals surface area contributed by atoms with Crippen molar-refractivity contribution in [1.29, 1.82) is 0 Å². The minimum atomic E-state index is -1.60. The average Bonchev–Trinajstić information content (AvgIpc) is 2.79. The third-order valence-electron chi connectivity index (χ3n) is 5.08. The Balaban J connectivity index is 2.95. The van der Waals surface area contributed by atoms with Gasteiger partial charge in [0.2, 0.25) is 23.6 Å². The fourth-order valence-corrected chi connectivity index (χ4v) is 3.23. The molecule has 0 saturated heterocycles. The van der Waals surface area contributed by atoms with Crippen LogP contribution in [0.15, 0.2) is 30.3 Å². The van der Waals surface area contributed by atoms with Crippen molar-refractivity contribution in [2.24, 2.45) is 17.4 Å². The maximum atomic E-state index is 13.0. The van der Waals surface area contributed by atoms with Crippen molar-refractivity contribution in [3.63, 3.8) is 0 Å². The molecule has 35 heavy (non-hydrogen) atoms. The van der Waals surface area contributed by atoms with Gasteiger partial charge < -0.3 is 37.6 Å². The van der Waals surface area contributed by atoms with Gasteiger partial charge in [0.05, 0.1) is 12.6 Å². The van der Waals surface area contributed by atoms with Gasteiger partial charge in [-0.15, -0.1) is 0 Å². The Morgan fingerprint density at radius 3 is 1.94 bits per heavy atom. The van der Waals surface area contributed by atoms with Crippen LogP contribution in [0.25, 0.3) is 0 Å². The van der Waals surface area contributed by atoms with Gasteiger partial charge in [0.25, 0.3) is 0 Å². The quantitative estimate of drug-likeness (QED) is 0.151. The number of hydrogen-bond acceptors (Lipinski definition) is 7. The molecule has 0 bridgehead atoms. The van der Waals surface area contributed by atoms with Crippen molar-refractivity contribution in [2.45, 2.75) is 63.7 Å². The lowest BCUT2D eigenvalue weighted by molar-refractivity contribution is -0.143. The monoisotopic (exact) mass is 493 g/mol. The minimum Gasteiger partial charge on any atom is -0.480 e. The summed E-state index contributed by atoms with van der Waals surface area (Å²) in [6.45, 7) is 2.81. The molecular weight excluding hydrogens is 458 g/mol. The maximum absolute atomic E-state index is 13.0. The molecule has 1 rings (SSSR count). The van der Waals surface area contributed by atoms with E-state index in [-0.39, 0.29) is 31.6 Å². The molecule has 194 valence electrons. The Morgan fingerprint density at radius 1 is 0.886 bits per heavy atom. The second-order valence-electron chi connectivity index (χ2n) is 8.64. The summed E-state index contributed by atoms with van der Waals surface area (Å²) in [6, 6.07) is 4.23. The van der Waals surface area contributed by atoms with E-state index in [4.69, 9.17) is 21.7 Å². The highest BCUT2D eigenvalue weighted by molar-refractivity contribution is 5.94. The predicted molar refractivity (Wildman–Crippen MR) is 127 cm³/mol. The molecule has 4 atom stereocenters. The first kappa shape index (κ1) is 29.5. The number of benzene rings is 1. The zero-order chi connectivity index (χ0) is 26.5. The first-order valence-corrected chi connectivity index (χ1v) is 11.3. The third-order valence-corrected chi connectivity index (χ3v) is 5.08. The van der Waals surface area contributed by atoms with Crippen molar-refractivity contribution >= 4 is 29.6 Å². The standard InChI is InChI=1S/C23H35N5O7/c1-13(2)10-17(27-20(31)15(24)11-14-6-4-3-5-7-14)22(33)26-16(8-9-19(25)30)21(32)28-18(12-29)23(34)35/h3-7,13,15-18,29H,8-12,24H2,1-2H3,(H2,25,30)(H,26,33)(H,27,31)(H,28,32)(H,34,35). The number of carboxylic acid groups (broad SMARTS) is 1. The molecule has 9 N–H and O–H groups in total. The van der Waals surface area contributed by atoms with Crippen molar-refractivity contribution < 1.29 is 34.2 Å². The highest BCUT2D eigenvalue weighted by Crippen LogP contribution is 2.09. The lowest BCUT2D eigenvalue weighted by Gasteiger charge is -2.25. The minimum absolute atomic E-state index is 0.0138. The molecule has 1 aromatic rings. The van der Waals surface area contributed by atoms with Gasteiger partial charge in [-0.25, -0.2) is 4.79 Å². The molecule has 0 radical (unpaired) electrons. The summed E-state index contributed by atoms with van der Waals surface area (Å²) in [4.78, 5) is 60.6. The number of carbonyl (C=O) groups is 5. The number of aliphatic hydroxyl groups is 1. The van der Waals surface area contributed by atoms with Crippen molar-refractivity contribution in [3.8, 4) is 0 Å². The second kappa shape index (κ2) is 14.7. The summed E-state index contributed by atoms with van der Waals surface area (Å²) >= 11 is 0. The number of aliphatic carboxylic acids is 1. The normalized spacial score (nSPS) is 14.3. The number of hydrogen-bond donors (Lipinski definition) is 7. The number of primary amides is 1. The molecule has 12 nitrogen and oxygen atoms in total. The van der Waals surface area contributed by atoms with Gasteiger partial charge in [-0.1, -0.05) is 44.2 Å². The largest absolute Gasteiger partial charge is 0.480 e. The van der Waals surface area contributed by atoms with Gasteiger partial charge in [0, 0.05) is 6.42 Å². The van der Waals surface area contributed by atoms with E-state index in [1.54, 1.807) is 0 Å². The molecule has 0 aromatic heterocycles. The Hall–Kier alpha value is -3.51. The number of nitrogens with two attached hydrogens (primary N) is 2. The van der Waals surface area contributed by atoms with E-state index < -0.39 is 60.4 Å².